The van der Waals surface area contributed by atoms with Gasteiger partial charge in [0.2, 0.25) is 0 Å². The lowest BCUT2D eigenvalue weighted by molar-refractivity contribution is 0.467. The fourth-order valence-electron chi connectivity index (χ4n) is 1.90. The molecule has 0 fully saturated rings. The van der Waals surface area contributed by atoms with E-state index < -0.39 is 17.7 Å². The third-order valence-electron chi connectivity index (χ3n) is 2.92. The number of hydrogen-bond donors (Lipinski definition) is 2. The van der Waals surface area contributed by atoms with Crippen LogP contribution in [0, 0.1) is 23.0 Å². The van der Waals surface area contributed by atoms with Gasteiger partial charge in [-0.15, -0.1) is 0 Å². The monoisotopic (exact) mass is 274 g/mol. The summed E-state index contributed by atoms with van der Waals surface area (Å²) in [6.07, 6.45) is 0. The summed E-state index contributed by atoms with van der Waals surface area (Å²) in [6, 6.07) is 9.26. The van der Waals surface area contributed by atoms with E-state index in [9.17, 15) is 8.78 Å². The summed E-state index contributed by atoms with van der Waals surface area (Å²) >= 11 is 0. The summed E-state index contributed by atoms with van der Waals surface area (Å²) in [7, 11) is 0. The zero-order valence-corrected chi connectivity index (χ0v) is 10.7. The average Bonchev–Trinajstić information content (AvgIpc) is 2.40. The van der Waals surface area contributed by atoms with Gasteiger partial charge in [0.15, 0.2) is 0 Å². The number of nitrogens with zero attached hydrogens (tertiary/aromatic N) is 1. The first-order valence-electron chi connectivity index (χ1n) is 5.96. The molecule has 0 spiro atoms. The van der Waals surface area contributed by atoms with Gasteiger partial charge in [-0.2, -0.15) is 5.26 Å². The Kier molecular flexibility index (Phi) is 3.85. The molecule has 0 aliphatic heterocycles. The Morgan fingerprint density at radius 1 is 1.15 bits per heavy atom. The SMILES string of the molecule is CC(Nc1ccc(F)c(C#N)c1)c1ccc(O)cc1F. The molecule has 1 atom stereocenters. The van der Waals surface area contributed by atoms with Crippen molar-refractivity contribution in [1.82, 2.24) is 0 Å². The minimum absolute atomic E-state index is 0.0756. The topological polar surface area (TPSA) is 56.0 Å². The Morgan fingerprint density at radius 3 is 2.55 bits per heavy atom. The van der Waals surface area contributed by atoms with Crippen LogP contribution in [0.5, 0.6) is 5.75 Å². The Morgan fingerprint density at radius 2 is 1.90 bits per heavy atom. The van der Waals surface area contributed by atoms with Crippen LogP contribution in [-0.4, -0.2) is 5.11 Å². The number of rotatable bonds is 3. The summed E-state index contributed by atoms with van der Waals surface area (Å²) in [4.78, 5) is 0. The Balaban J connectivity index is 2.23. The van der Waals surface area contributed by atoms with E-state index in [1.54, 1.807) is 13.0 Å². The Labute approximate surface area is 115 Å². The van der Waals surface area contributed by atoms with Crippen molar-refractivity contribution in [2.24, 2.45) is 0 Å². The number of anilines is 1. The molecule has 0 bridgehead atoms. The molecule has 20 heavy (non-hydrogen) atoms. The predicted octanol–water partition coefficient (Wildman–Crippen LogP) is 3.72. The second-order valence-electron chi connectivity index (χ2n) is 4.38. The second-order valence-corrected chi connectivity index (χ2v) is 4.38. The molecule has 102 valence electrons. The van der Waals surface area contributed by atoms with E-state index in [0.717, 1.165) is 6.07 Å². The van der Waals surface area contributed by atoms with E-state index in [0.29, 0.717) is 11.3 Å². The van der Waals surface area contributed by atoms with Crippen LogP contribution in [0.25, 0.3) is 0 Å². The maximum Gasteiger partial charge on any atom is 0.141 e. The first-order chi connectivity index (χ1) is 9.51. The van der Waals surface area contributed by atoms with Gasteiger partial charge in [-0.3, -0.25) is 0 Å². The van der Waals surface area contributed by atoms with Crippen LogP contribution < -0.4 is 5.32 Å². The van der Waals surface area contributed by atoms with Crippen LogP contribution in [0.1, 0.15) is 24.1 Å². The summed E-state index contributed by atoms with van der Waals surface area (Å²) in [5, 5.41) is 20.9. The molecule has 2 rings (SSSR count). The van der Waals surface area contributed by atoms with Crippen LogP contribution in [0.2, 0.25) is 0 Å². The molecule has 5 heteroatoms. The third-order valence-corrected chi connectivity index (χ3v) is 2.92. The van der Waals surface area contributed by atoms with Crippen molar-refractivity contribution in [3.63, 3.8) is 0 Å². The summed E-state index contributed by atoms with van der Waals surface area (Å²) in [6.45, 7) is 1.73. The zero-order valence-electron chi connectivity index (χ0n) is 10.7. The molecule has 0 amide bonds. The summed E-state index contributed by atoms with van der Waals surface area (Å²) < 4.78 is 26.9. The highest BCUT2D eigenvalue weighted by Crippen LogP contribution is 2.25. The van der Waals surface area contributed by atoms with Gasteiger partial charge >= 0.3 is 0 Å². The van der Waals surface area contributed by atoms with Gasteiger partial charge in [-0.05, 0) is 31.2 Å². The van der Waals surface area contributed by atoms with E-state index in [1.807, 2.05) is 0 Å². The Hall–Kier alpha value is -2.61. The highest BCUT2D eigenvalue weighted by Gasteiger charge is 2.12. The van der Waals surface area contributed by atoms with Gasteiger partial charge in [-0.1, -0.05) is 6.07 Å². The molecule has 0 saturated heterocycles. The van der Waals surface area contributed by atoms with Crippen molar-refractivity contribution >= 4 is 5.69 Å². The molecule has 2 aromatic carbocycles. The fourth-order valence-corrected chi connectivity index (χ4v) is 1.90. The molecule has 0 aliphatic carbocycles. The van der Waals surface area contributed by atoms with Crippen molar-refractivity contribution in [2.45, 2.75) is 13.0 Å². The molecule has 2 aromatic rings. The van der Waals surface area contributed by atoms with Gasteiger partial charge in [0.25, 0.3) is 0 Å². The number of aromatic hydroxyl groups is 1. The van der Waals surface area contributed by atoms with Crippen molar-refractivity contribution in [1.29, 1.82) is 5.26 Å². The number of halogens is 2. The number of nitrogens with one attached hydrogen (secondary N) is 1. The number of nitriles is 1. The lowest BCUT2D eigenvalue weighted by atomic mass is 10.1. The molecule has 0 heterocycles. The molecule has 0 saturated carbocycles. The maximum atomic E-state index is 13.7. The van der Waals surface area contributed by atoms with Crippen LogP contribution in [0.4, 0.5) is 14.5 Å². The molecular formula is C15H12F2N2O. The third kappa shape index (κ3) is 2.86. The van der Waals surface area contributed by atoms with Crippen molar-refractivity contribution in [3.8, 4) is 11.8 Å². The van der Waals surface area contributed by atoms with Crippen LogP contribution in [0.3, 0.4) is 0 Å². The Bertz CT molecular complexity index is 680. The largest absolute Gasteiger partial charge is 0.508 e. The number of benzene rings is 2. The van der Waals surface area contributed by atoms with E-state index in [1.165, 1.54) is 30.3 Å². The lowest BCUT2D eigenvalue weighted by Gasteiger charge is -2.16. The van der Waals surface area contributed by atoms with E-state index in [2.05, 4.69) is 5.32 Å². The summed E-state index contributed by atoms with van der Waals surface area (Å²) in [5.74, 6) is -1.28. The first kappa shape index (κ1) is 13.8. The van der Waals surface area contributed by atoms with Gasteiger partial charge in [0.05, 0.1) is 11.6 Å². The molecule has 3 nitrogen and oxygen atoms in total. The minimum Gasteiger partial charge on any atom is -0.508 e. The van der Waals surface area contributed by atoms with Gasteiger partial charge in [0, 0.05) is 17.3 Å². The first-order valence-corrected chi connectivity index (χ1v) is 5.96. The van der Waals surface area contributed by atoms with Crippen LogP contribution in [-0.2, 0) is 0 Å². The maximum absolute atomic E-state index is 13.7. The molecule has 0 aliphatic rings. The van der Waals surface area contributed by atoms with Crippen LogP contribution >= 0.6 is 0 Å². The van der Waals surface area contributed by atoms with Gasteiger partial charge in [-0.25, -0.2) is 8.78 Å². The fraction of sp³-hybridized carbons (Fsp3) is 0.133. The highest BCUT2D eigenvalue weighted by atomic mass is 19.1. The molecule has 0 radical (unpaired) electrons. The van der Waals surface area contributed by atoms with Crippen LogP contribution in [0.15, 0.2) is 36.4 Å². The minimum atomic E-state index is -0.596. The second kappa shape index (κ2) is 5.57. The quantitative estimate of drug-likeness (QED) is 0.897. The molecule has 0 aromatic heterocycles. The normalized spacial score (nSPS) is 11.7. The predicted molar refractivity (Wildman–Crippen MR) is 71.2 cm³/mol. The van der Waals surface area contributed by atoms with Crippen molar-refractivity contribution in [2.75, 3.05) is 5.32 Å². The van der Waals surface area contributed by atoms with Crippen molar-refractivity contribution in [3.05, 3.63) is 59.2 Å². The van der Waals surface area contributed by atoms with Gasteiger partial charge in [0.1, 0.15) is 23.5 Å². The van der Waals surface area contributed by atoms with E-state index >= 15 is 0 Å². The molecule has 2 N–H and O–H groups in total. The average molecular weight is 274 g/mol. The molecule has 1 unspecified atom stereocenters. The van der Waals surface area contributed by atoms with E-state index in [-0.39, 0.29) is 11.3 Å². The highest BCUT2D eigenvalue weighted by molar-refractivity contribution is 5.51. The van der Waals surface area contributed by atoms with Crippen molar-refractivity contribution < 1.29 is 13.9 Å². The smallest absolute Gasteiger partial charge is 0.141 e. The standard InChI is InChI=1S/C15H12F2N2O/c1-9(13-4-3-12(20)7-15(13)17)19-11-2-5-14(16)10(6-11)8-18/h2-7,9,19-20H,1H3. The number of phenolic OH excluding ortho intramolecular Hbond substituents is 1. The zero-order chi connectivity index (χ0) is 14.7. The summed E-state index contributed by atoms with van der Waals surface area (Å²) in [5.41, 5.74) is 0.807. The van der Waals surface area contributed by atoms with E-state index in [4.69, 9.17) is 10.4 Å². The molecular weight excluding hydrogens is 262 g/mol. The number of phenols is 1. The lowest BCUT2D eigenvalue weighted by Crippen LogP contribution is -2.08. The number of hydrogen-bond acceptors (Lipinski definition) is 3. The van der Waals surface area contributed by atoms with Gasteiger partial charge < -0.3 is 10.4 Å².